The molecule has 62 valence electrons. The molecule has 0 spiro atoms. The second-order valence-corrected chi connectivity index (χ2v) is 2.90. The largest absolute Gasteiger partial charge is 0.120 e. The average molecular weight is 160 g/mol. The highest BCUT2D eigenvalue weighted by Crippen LogP contribution is 2.05. The maximum Gasteiger partial charge on any atom is 0.00861 e. The van der Waals surface area contributed by atoms with E-state index in [-0.39, 0.29) is 0 Å². The van der Waals surface area contributed by atoms with Gasteiger partial charge in [0.25, 0.3) is 0 Å². The lowest BCUT2D eigenvalue weighted by Crippen LogP contribution is -1.83. The third-order valence-electron chi connectivity index (χ3n) is 1.88. The van der Waals surface area contributed by atoms with Crippen LogP contribution in [-0.2, 0) is 6.42 Å². The molecule has 0 bridgehead atoms. The van der Waals surface area contributed by atoms with Crippen molar-refractivity contribution < 1.29 is 0 Å². The summed E-state index contributed by atoms with van der Waals surface area (Å²) >= 11 is 0. The predicted octanol–water partition coefficient (Wildman–Crippen LogP) is 3.03. The molecule has 0 atom stereocenters. The van der Waals surface area contributed by atoms with Crippen LogP contribution in [0.1, 0.15) is 24.8 Å². The molecule has 0 aliphatic heterocycles. The van der Waals surface area contributed by atoms with Gasteiger partial charge in [0, 0.05) is 6.42 Å². The van der Waals surface area contributed by atoms with Crippen molar-refractivity contribution in [2.24, 2.45) is 0 Å². The van der Waals surface area contributed by atoms with Gasteiger partial charge in [-0.2, -0.15) is 0 Å². The number of benzene rings is 1. The minimum Gasteiger partial charge on any atom is -0.120 e. The lowest BCUT2D eigenvalue weighted by Gasteiger charge is -1.98. The first-order chi connectivity index (χ1) is 5.93. The van der Waals surface area contributed by atoms with Crippen LogP contribution >= 0.6 is 0 Å². The predicted molar refractivity (Wildman–Crippen MR) is 52.8 cm³/mol. The molecule has 12 heavy (non-hydrogen) atoms. The molecule has 0 fully saturated rings. The van der Waals surface area contributed by atoms with Crippen molar-refractivity contribution in [2.75, 3.05) is 0 Å². The Bertz CT molecular complexity index is 240. The first-order valence-electron chi connectivity index (χ1n) is 4.41. The number of rotatable bonds is 4. The van der Waals surface area contributed by atoms with Gasteiger partial charge < -0.3 is 0 Å². The lowest BCUT2D eigenvalue weighted by molar-refractivity contribution is 0.757. The van der Waals surface area contributed by atoms with E-state index in [9.17, 15) is 0 Å². The third kappa shape index (κ3) is 3.25. The van der Waals surface area contributed by atoms with Gasteiger partial charge >= 0.3 is 0 Å². The highest BCUT2D eigenvalue weighted by molar-refractivity contribution is 5.14. The van der Waals surface area contributed by atoms with Crippen LogP contribution in [0.25, 0.3) is 0 Å². The van der Waals surface area contributed by atoms with Crippen LogP contribution < -0.4 is 0 Å². The van der Waals surface area contributed by atoms with Gasteiger partial charge in [-0.05, 0) is 24.8 Å². The van der Waals surface area contributed by atoms with Gasteiger partial charge in [0.15, 0.2) is 0 Å². The summed E-state index contributed by atoms with van der Waals surface area (Å²) in [7, 11) is 0. The summed E-state index contributed by atoms with van der Waals surface area (Å²) in [6.45, 7) is 0. The van der Waals surface area contributed by atoms with Gasteiger partial charge in [0.05, 0.1) is 0 Å². The molecular formula is C12H14. The summed E-state index contributed by atoms with van der Waals surface area (Å²) in [6, 6.07) is 10.5. The SMILES string of the molecule is [13CH]#[13C]CCCCc1ccccc1. The molecule has 1 aromatic carbocycles. The zero-order chi connectivity index (χ0) is 8.65. The fourth-order valence-electron chi connectivity index (χ4n) is 1.20. The van der Waals surface area contributed by atoms with Crippen molar-refractivity contribution in [3.8, 4) is 12.3 Å². The molecule has 1 rings (SSSR count). The number of hydrogen-bond acceptors (Lipinski definition) is 0. The number of unbranched alkanes of at least 4 members (excludes halogenated alkanes) is 2. The first kappa shape index (κ1) is 8.87. The minimum atomic E-state index is 0.910. The molecule has 0 heteroatoms. The molecule has 0 aromatic heterocycles. The van der Waals surface area contributed by atoms with Gasteiger partial charge in [-0.1, -0.05) is 30.3 Å². The van der Waals surface area contributed by atoms with E-state index < -0.39 is 0 Å². The molecule has 0 aliphatic rings. The molecule has 1 aromatic rings. The van der Waals surface area contributed by atoms with Crippen molar-refractivity contribution in [3.05, 3.63) is 35.9 Å². The molecule has 0 saturated heterocycles. The van der Waals surface area contributed by atoms with Crippen LogP contribution in [0.5, 0.6) is 0 Å². The highest BCUT2D eigenvalue weighted by Gasteiger charge is 1.90. The summed E-state index contributed by atoms with van der Waals surface area (Å²) < 4.78 is 0. The summed E-state index contributed by atoms with van der Waals surface area (Å²) in [5.74, 6) is 2.65. The van der Waals surface area contributed by atoms with Crippen LogP contribution in [0.3, 0.4) is 0 Å². The Morgan fingerprint density at radius 2 is 1.83 bits per heavy atom. The standard InChI is InChI=1S/C12H14/c1-2-3-4-6-9-12-10-7-5-8-11-12/h1,5,7-8,10-11H,3-4,6,9H2/i1+1,2+1. The van der Waals surface area contributed by atoms with E-state index in [0.717, 1.165) is 19.3 Å². The molecule has 0 radical (unpaired) electrons. The van der Waals surface area contributed by atoms with E-state index in [2.05, 4.69) is 30.2 Å². The summed E-state index contributed by atoms with van der Waals surface area (Å²) in [4.78, 5) is 0. The van der Waals surface area contributed by atoms with E-state index in [0.29, 0.717) is 0 Å². The van der Waals surface area contributed by atoms with E-state index in [1.807, 2.05) is 6.07 Å². The van der Waals surface area contributed by atoms with Crippen molar-refractivity contribution in [3.63, 3.8) is 0 Å². The van der Waals surface area contributed by atoms with E-state index in [1.54, 1.807) is 0 Å². The molecule has 0 nitrogen and oxygen atoms in total. The third-order valence-corrected chi connectivity index (χ3v) is 1.88. The van der Waals surface area contributed by atoms with Crippen LogP contribution in [0.2, 0.25) is 0 Å². The molecule has 0 N–H and O–H groups in total. The van der Waals surface area contributed by atoms with E-state index in [4.69, 9.17) is 6.42 Å². The monoisotopic (exact) mass is 160 g/mol. The zero-order valence-electron chi connectivity index (χ0n) is 7.29. The second-order valence-electron chi connectivity index (χ2n) is 2.90. The Hall–Kier alpha value is -1.22. The zero-order valence-corrected chi connectivity index (χ0v) is 7.29. The molecular weight excluding hydrogens is 146 g/mol. The summed E-state index contributed by atoms with van der Waals surface area (Å²) in [6.07, 6.45) is 9.57. The van der Waals surface area contributed by atoms with Gasteiger partial charge in [-0.3, -0.25) is 0 Å². The Kier molecular flexibility index (Phi) is 4.02. The lowest BCUT2D eigenvalue weighted by atomic mass is 10.1. The highest BCUT2D eigenvalue weighted by atomic mass is 14.1. The van der Waals surface area contributed by atoms with Gasteiger partial charge in [-0.25, -0.2) is 0 Å². The fourth-order valence-corrected chi connectivity index (χ4v) is 1.20. The normalized spacial score (nSPS) is 9.25. The van der Waals surface area contributed by atoms with Gasteiger partial charge in [0.2, 0.25) is 0 Å². The number of aryl methyl sites for hydroxylation is 1. The Morgan fingerprint density at radius 1 is 1.08 bits per heavy atom. The van der Waals surface area contributed by atoms with Crippen molar-refractivity contribution in [1.29, 1.82) is 0 Å². The molecule has 0 saturated carbocycles. The van der Waals surface area contributed by atoms with Crippen LogP contribution in [0.4, 0.5) is 0 Å². The Morgan fingerprint density at radius 3 is 2.50 bits per heavy atom. The van der Waals surface area contributed by atoms with Crippen LogP contribution in [-0.4, -0.2) is 0 Å². The fraction of sp³-hybridized carbons (Fsp3) is 0.333. The maximum atomic E-state index is 5.16. The second kappa shape index (κ2) is 5.43. The Balaban J connectivity index is 2.21. The van der Waals surface area contributed by atoms with Crippen LogP contribution in [0.15, 0.2) is 30.3 Å². The summed E-state index contributed by atoms with van der Waals surface area (Å²) in [5, 5.41) is 0. The molecule has 0 amide bonds. The number of hydrogen-bond donors (Lipinski definition) is 0. The maximum absolute atomic E-state index is 5.16. The van der Waals surface area contributed by atoms with Crippen molar-refractivity contribution in [2.45, 2.75) is 25.7 Å². The topological polar surface area (TPSA) is 0 Å². The number of terminal acetylenes is 1. The molecule has 0 unspecified atom stereocenters. The van der Waals surface area contributed by atoms with E-state index >= 15 is 0 Å². The molecule has 0 heterocycles. The van der Waals surface area contributed by atoms with E-state index in [1.165, 1.54) is 12.0 Å². The Labute approximate surface area is 74.6 Å². The average Bonchev–Trinajstić information content (AvgIpc) is 2.14. The van der Waals surface area contributed by atoms with Crippen molar-refractivity contribution in [1.82, 2.24) is 0 Å². The van der Waals surface area contributed by atoms with Gasteiger partial charge in [0.1, 0.15) is 0 Å². The quantitative estimate of drug-likeness (QED) is 0.361. The van der Waals surface area contributed by atoms with Crippen LogP contribution in [0, 0.1) is 12.3 Å². The first-order valence-corrected chi connectivity index (χ1v) is 4.41. The smallest absolute Gasteiger partial charge is 0.00861 e. The van der Waals surface area contributed by atoms with Crippen molar-refractivity contribution >= 4 is 0 Å². The minimum absolute atomic E-state index is 0.910. The molecule has 0 aliphatic carbocycles. The van der Waals surface area contributed by atoms with Gasteiger partial charge in [-0.15, -0.1) is 12.3 Å². The summed E-state index contributed by atoms with van der Waals surface area (Å²) in [5.41, 5.74) is 1.41.